The molecule has 1 aliphatic carbocycles. The number of nitrogens with one attached hydrogen (secondary N) is 1. The Bertz CT molecular complexity index is 558. The summed E-state index contributed by atoms with van der Waals surface area (Å²) in [6.45, 7) is 0.236. The van der Waals surface area contributed by atoms with Crippen LogP contribution in [0.15, 0.2) is 0 Å². The van der Waals surface area contributed by atoms with E-state index in [-0.39, 0.29) is 6.61 Å². The second-order valence-corrected chi connectivity index (χ2v) is 7.23. The van der Waals surface area contributed by atoms with E-state index in [0.717, 1.165) is 6.26 Å². The molecule has 0 aliphatic heterocycles. The van der Waals surface area contributed by atoms with Crippen molar-refractivity contribution in [3.05, 3.63) is 0 Å². The van der Waals surface area contributed by atoms with Crippen molar-refractivity contribution in [3.63, 3.8) is 0 Å². The van der Waals surface area contributed by atoms with Gasteiger partial charge in [0.15, 0.2) is 0 Å². The Morgan fingerprint density at radius 3 is 2.20 bits per heavy atom. The van der Waals surface area contributed by atoms with Gasteiger partial charge in [-0.25, -0.2) is 4.79 Å². The van der Waals surface area contributed by atoms with Gasteiger partial charge in [-0.15, -0.1) is 5.92 Å². The van der Waals surface area contributed by atoms with Gasteiger partial charge in [-0.3, -0.25) is 4.18 Å². The average Bonchev–Trinajstić information content (AvgIpc) is 2.50. The molecule has 10 heteroatoms. The van der Waals surface area contributed by atoms with E-state index in [9.17, 15) is 21.6 Å². The molecule has 25 heavy (non-hydrogen) atoms. The SMILES string of the molecule is CNC1CCC(C#CCCCOS(C)(=O)=O)CC1.O=C(O)C(F)(F)F. The summed E-state index contributed by atoms with van der Waals surface area (Å²) in [5.41, 5.74) is 0. The first-order valence-electron chi connectivity index (χ1n) is 7.76. The fraction of sp³-hybridized carbons (Fsp3) is 0.800. The predicted molar refractivity (Wildman–Crippen MR) is 86.3 cm³/mol. The molecule has 1 aliphatic rings. The zero-order valence-electron chi connectivity index (χ0n) is 14.2. The largest absolute Gasteiger partial charge is 0.490 e. The van der Waals surface area contributed by atoms with Crippen molar-refractivity contribution >= 4 is 16.1 Å². The van der Waals surface area contributed by atoms with Crippen molar-refractivity contribution in [1.29, 1.82) is 0 Å². The number of aliphatic carboxylic acids is 1. The maximum Gasteiger partial charge on any atom is 0.490 e. The Hall–Kier alpha value is -1.31. The number of carboxylic acid groups (broad SMARTS) is 1. The Balaban J connectivity index is 0.000000697. The van der Waals surface area contributed by atoms with E-state index in [0.29, 0.717) is 24.8 Å². The molecule has 0 radical (unpaired) electrons. The highest BCUT2D eigenvalue weighted by molar-refractivity contribution is 7.85. The van der Waals surface area contributed by atoms with Crippen LogP contribution in [-0.2, 0) is 19.1 Å². The molecular formula is C15H24F3NO5S. The van der Waals surface area contributed by atoms with E-state index >= 15 is 0 Å². The van der Waals surface area contributed by atoms with Gasteiger partial charge in [-0.2, -0.15) is 21.6 Å². The van der Waals surface area contributed by atoms with Gasteiger partial charge in [0.05, 0.1) is 12.9 Å². The summed E-state index contributed by atoms with van der Waals surface area (Å²) in [5.74, 6) is 4.17. The van der Waals surface area contributed by atoms with Gasteiger partial charge in [0, 0.05) is 18.4 Å². The molecule has 0 heterocycles. The molecule has 2 N–H and O–H groups in total. The minimum absolute atomic E-state index is 0.236. The second kappa shape index (κ2) is 11.3. The van der Waals surface area contributed by atoms with Crippen molar-refractivity contribution in [2.45, 2.75) is 50.7 Å². The number of alkyl halides is 3. The number of carboxylic acids is 1. The van der Waals surface area contributed by atoms with E-state index in [1.807, 2.05) is 7.05 Å². The molecule has 0 aromatic heterocycles. The van der Waals surface area contributed by atoms with Crippen LogP contribution >= 0.6 is 0 Å². The lowest BCUT2D eigenvalue weighted by atomic mass is 9.86. The van der Waals surface area contributed by atoms with Crippen LogP contribution in [0.25, 0.3) is 0 Å². The van der Waals surface area contributed by atoms with Gasteiger partial charge in [-0.05, 0) is 39.2 Å². The monoisotopic (exact) mass is 387 g/mol. The second-order valence-electron chi connectivity index (χ2n) is 5.59. The van der Waals surface area contributed by atoms with E-state index in [2.05, 4.69) is 21.3 Å². The summed E-state index contributed by atoms with van der Waals surface area (Å²) < 4.78 is 57.8. The summed E-state index contributed by atoms with van der Waals surface area (Å²) in [5, 5.41) is 10.4. The Kier molecular flexibility index (Phi) is 10.7. The molecular weight excluding hydrogens is 363 g/mol. The third kappa shape index (κ3) is 13.6. The molecule has 146 valence electrons. The normalized spacial score (nSPS) is 20.7. The lowest BCUT2D eigenvalue weighted by Gasteiger charge is -2.24. The van der Waals surface area contributed by atoms with E-state index in [4.69, 9.17) is 9.90 Å². The molecule has 0 unspecified atom stereocenters. The van der Waals surface area contributed by atoms with Crippen molar-refractivity contribution in [3.8, 4) is 11.8 Å². The highest BCUT2D eigenvalue weighted by Crippen LogP contribution is 2.23. The zero-order chi connectivity index (χ0) is 19.5. The molecule has 1 saturated carbocycles. The van der Waals surface area contributed by atoms with Crippen LogP contribution < -0.4 is 5.32 Å². The van der Waals surface area contributed by atoms with Crippen LogP contribution in [0.4, 0.5) is 13.2 Å². The molecule has 0 spiro atoms. The van der Waals surface area contributed by atoms with Crippen LogP contribution in [0.1, 0.15) is 38.5 Å². The Labute approximate surface area is 146 Å². The number of unbranched alkanes of at least 4 members (excludes halogenated alkanes) is 1. The maximum atomic E-state index is 10.7. The van der Waals surface area contributed by atoms with Gasteiger partial charge < -0.3 is 10.4 Å². The third-order valence-electron chi connectivity index (χ3n) is 3.43. The molecule has 1 rings (SSSR count). The lowest BCUT2D eigenvalue weighted by Crippen LogP contribution is -2.29. The summed E-state index contributed by atoms with van der Waals surface area (Å²) in [4.78, 5) is 8.90. The summed E-state index contributed by atoms with van der Waals surface area (Å²) in [7, 11) is -1.28. The maximum absolute atomic E-state index is 10.7. The van der Waals surface area contributed by atoms with Crippen LogP contribution in [0.2, 0.25) is 0 Å². The third-order valence-corrected chi connectivity index (χ3v) is 4.02. The first-order chi connectivity index (χ1) is 11.5. The van der Waals surface area contributed by atoms with E-state index in [1.165, 1.54) is 25.7 Å². The summed E-state index contributed by atoms with van der Waals surface area (Å²) in [6.07, 6.45) is 2.10. The van der Waals surface area contributed by atoms with Crippen molar-refractivity contribution in [1.82, 2.24) is 5.32 Å². The van der Waals surface area contributed by atoms with Crippen LogP contribution in [0, 0.1) is 17.8 Å². The fourth-order valence-electron chi connectivity index (χ4n) is 2.11. The molecule has 0 bridgehead atoms. The number of hydrogen-bond acceptors (Lipinski definition) is 5. The molecule has 0 amide bonds. The van der Waals surface area contributed by atoms with Crippen LogP contribution in [0.5, 0.6) is 0 Å². The zero-order valence-corrected chi connectivity index (χ0v) is 15.0. The topological polar surface area (TPSA) is 92.7 Å². The minimum atomic E-state index is -5.08. The standard InChI is InChI=1S/C13H23NO3S.C2HF3O2/c1-14-13-9-7-12(8-10-13)6-4-3-5-11-17-18(2,15)16;3-2(4,5)1(6)7/h12-14H,3,5,7-11H2,1-2H3;(H,6,7). The van der Waals surface area contributed by atoms with Gasteiger partial charge >= 0.3 is 12.1 Å². The van der Waals surface area contributed by atoms with Gasteiger partial charge in [0.2, 0.25) is 0 Å². The molecule has 0 aromatic carbocycles. The summed E-state index contributed by atoms with van der Waals surface area (Å²) >= 11 is 0. The Morgan fingerprint density at radius 1 is 1.28 bits per heavy atom. The number of rotatable bonds is 5. The molecule has 0 saturated heterocycles. The first-order valence-corrected chi connectivity index (χ1v) is 9.57. The van der Waals surface area contributed by atoms with Crippen molar-refractivity contribution in [2.24, 2.45) is 5.92 Å². The minimum Gasteiger partial charge on any atom is -0.475 e. The number of hydrogen-bond donors (Lipinski definition) is 2. The lowest BCUT2D eigenvalue weighted by molar-refractivity contribution is -0.192. The fourth-order valence-corrected chi connectivity index (χ4v) is 2.53. The Morgan fingerprint density at radius 2 is 1.80 bits per heavy atom. The summed E-state index contributed by atoms with van der Waals surface area (Å²) in [6, 6.07) is 0.659. The van der Waals surface area contributed by atoms with E-state index < -0.39 is 22.3 Å². The highest BCUT2D eigenvalue weighted by Gasteiger charge is 2.38. The molecule has 0 aromatic rings. The van der Waals surface area contributed by atoms with Crippen LogP contribution in [-0.4, -0.2) is 51.6 Å². The average molecular weight is 387 g/mol. The first kappa shape index (κ1) is 23.7. The van der Waals surface area contributed by atoms with Crippen molar-refractivity contribution < 1.29 is 35.7 Å². The quantitative estimate of drug-likeness (QED) is 0.427. The number of halogens is 3. The van der Waals surface area contributed by atoms with E-state index in [1.54, 1.807) is 0 Å². The van der Waals surface area contributed by atoms with Gasteiger partial charge in [0.1, 0.15) is 0 Å². The van der Waals surface area contributed by atoms with Gasteiger partial charge in [0.25, 0.3) is 10.1 Å². The van der Waals surface area contributed by atoms with Gasteiger partial charge in [-0.1, -0.05) is 5.92 Å². The molecule has 1 fully saturated rings. The molecule has 0 atom stereocenters. The molecule has 6 nitrogen and oxygen atoms in total. The smallest absolute Gasteiger partial charge is 0.475 e. The highest BCUT2D eigenvalue weighted by atomic mass is 32.2. The number of carbonyl (C=O) groups is 1. The van der Waals surface area contributed by atoms with Crippen molar-refractivity contribution in [2.75, 3.05) is 19.9 Å². The predicted octanol–water partition coefficient (Wildman–Crippen LogP) is 2.16. The van der Waals surface area contributed by atoms with Crippen LogP contribution in [0.3, 0.4) is 0 Å².